The number of sulfonamides is 1. The summed E-state index contributed by atoms with van der Waals surface area (Å²) in [7, 11) is -3.41. The number of piperidine rings is 1. The van der Waals surface area contributed by atoms with E-state index in [1.54, 1.807) is 13.8 Å². The van der Waals surface area contributed by atoms with Gasteiger partial charge in [0.2, 0.25) is 15.9 Å². The van der Waals surface area contributed by atoms with Crippen molar-refractivity contribution in [1.82, 2.24) is 15.4 Å². The second kappa shape index (κ2) is 5.76. The zero-order valence-corrected chi connectivity index (χ0v) is 13.0. The van der Waals surface area contributed by atoms with Crippen LogP contribution in [0.2, 0.25) is 0 Å². The molecule has 1 heterocycles. The van der Waals surface area contributed by atoms with Crippen molar-refractivity contribution in [1.29, 1.82) is 0 Å². The molecular weight excluding hydrogens is 266 g/mol. The SMILES string of the molecule is CC1(CNC(=O)C(C)(C)NS(C)(=O)=O)CCNCC1. The van der Waals surface area contributed by atoms with Crippen LogP contribution in [0.25, 0.3) is 0 Å². The maximum Gasteiger partial charge on any atom is 0.240 e. The molecule has 1 amide bonds. The van der Waals surface area contributed by atoms with Crippen LogP contribution in [-0.2, 0) is 14.8 Å². The minimum atomic E-state index is -3.41. The highest BCUT2D eigenvalue weighted by molar-refractivity contribution is 7.88. The number of nitrogens with one attached hydrogen (secondary N) is 3. The molecule has 1 aliphatic rings. The Bertz CT molecular complexity index is 426. The van der Waals surface area contributed by atoms with Gasteiger partial charge in [-0.3, -0.25) is 4.79 Å². The van der Waals surface area contributed by atoms with E-state index in [0.29, 0.717) is 6.54 Å². The van der Waals surface area contributed by atoms with E-state index in [4.69, 9.17) is 0 Å². The van der Waals surface area contributed by atoms with Gasteiger partial charge >= 0.3 is 0 Å². The van der Waals surface area contributed by atoms with Crippen LogP contribution in [0.4, 0.5) is 0 Å². The molecule has 1 aliphatic heterocycles. The molecular formula is C12H25N3O3S. The second-order valence-electron chi connectivity index (χ2n) is 6.24. The topological polar surface area (TPSA) is 87.3 Å². The summed E-state index contributed by atoms with van der Waals surface area (Å²) in [4.78, 5) is 12.1. The predicted octanol–water partition coefficient (Wildman–Crippen LogP) is -0.180. The number of hydrogen-bond donors (Lipinski definition) is 3. The molecule has 1 saturated heterocycles. The van der Waals surface area contributed by atoms with Crippen molar-refractivity contribution in [2.75, 3.05) is 25.9 Å². The number of rotatable bonds is 5. The van der Waals surface area contributed by atoms with E-state index < -0.39 is 15.6 Å². The van der Waals surface area contributed by atoms with Crippen molar-refractivity contribution in [2.45, 2.75) is 39.2 Å². The van der Waals surface area contributed by atoms with Crippen LogP contribution in [0.1, 0.15) is 33.6 Å². The van der Waals surface area contributed by atoms with Crippen LogP contribution < -0.4 is 15.4 Å². The van der Waals surface area contributed by atoms with E-state index >= 15 is 0 Å². The normalized spacial score (nSPS) is 20.0. The molecule has 0 atom stereocenters. The van der Waals surface area contributed by atoms with Gasteiger partial charge in [0.1, 0.15) is 5.54 Å². The first kappa shape index (κ1) is 16.4. The van der Waals surface area contributed by atoms with E-state index in [9.17, 15) is 13.2 Å². The Morgan fingerprint density at radius 3 is 2.32 bits per heavy atom. The monoisotopic (exact) mass is 291 g/mol. The Morgan fingerprint density at radius 1 is 1.32 bits per heavy atom. The molecule has 0 aromatic heterocycles. The molecule has 0 bridgehead atoms. The molecule has 7 heteroatoms. The summed E-state index contributed by atoms with van der Waals surface area (Å²) >= 11 is 0. The first-order valence-electron chi connectivity index (χ1n) is 6.52. The van der Waals surface area contributed by atoms with Crippen molar-refractivity contribution in [3.8, 4) is 0 Å². The Balaban J connectivity index is 2.54. The summed E-state index contributed by atoms with van der Waals surface area (Å²) in [5.74, 6) is -0.294. The highest BCUT2D eigenvalue weighted by Gasteiger charge is 2.33. The van der Waals surface area contributed by atoms with Gasteiger partial charge in [0, 0.05) is 6.54 Å². The molecule has 0 radical (unpaired) electrons. The predicted molar refractivity (Wildman–Crippen MR) is 75.3 cm³/mol. The first-order valence-corrected chi connectivity index (χ1v) is 8.41. The van der Waals surface area contributed by atoms with Crippen LogP contribution in [-0.4, -0.2) is 45.8 Å². The fourth-order valence-corrected chi connectivity index (χ4v) is 3.25. The van der Waals surface area contributed by atoms with Crippen molar-refractivity contribution >= 4 is 15.9 Å². The fourth-order valence-electron chi connectivity index (χ4n) is 2.23. The maximum atomic E-state index is 12.1. The van der Waals surface area contributed by atoms with Crippen molar-refractivity contribution in [3.63, 3.8) is 0 Å². The van der Waals surface area contributed by atoms with Gasteiger partial charge < -0.3 is 10.6 Å². The minimum Gasteiger partial charge on any atom is -0.354 e. The fraction of sp³-hybridized carbons (Fsp3) is 0.917. The molecule has 0 aromatic rings. The molecule has 0 aromatic carbocycles. The summed E-state index contributed by atoms with van der Waals surface area (Å²) in [6.07, 6.45) is 3.07. The van der Waals surface area contributed by atoms with Crippen LogP contribution in [0.15, 0.2) is 0 Å². The van der Waals surface area contributed by atoms with Crippen LogP contribution >= 0.6 is 0 Å². The standard InChI is InChI=1S/C12H25N3O3S/c1-11(2,15-19(4,17)18)10(16)14-9-12(3)5-7-13-8-6-12/h13,15H,5-9H2,1-4H3,(H,14,16). The first-order chi connectivity index (χ1) is 8.54. The minimum absolute atomic E-state index is 0.0854. The smallest absolute Gasteiger partial charge is 0.240 e. The molecule has 0 aliphatic carbocycles. The van der Waals surface area contributed by atoms with Gasteiger partial charge in [-0.1, -0.05) is 6.92 Å². The molecule has 19 heavy (non-hydrogen) atoms. The average molecular weight is 291 g/mol. The van der Waals surface area contributed by atoms with E-state index in [1.165, 1.54) is 0 Å². The van der Waals surface area contributed by atoms with Gasteiger partial charge in [0.05, 0.1) is 6.26 Å². The zero-order chi connectivity index (χ0) is 14.7. The lowest BCUT2D eigenvalue weighted by atomic mass is 9.81. The summed E-state index contributed by atoms with van der Waals surface area (Å²) in [6.45, 7) is 7.75. The quantitative estimate of drug-likeness (QED) is 0.656. The Hall–Kier alpha value is -0.660. The van der Waals surface area contributed by atoms with E-state index in [1.807, 2.05) is 0 Å². The van der Waals surface area contributed by atoms with Crippen molar-refractivity contribution < 1.29 is 13.2 Å². The van der Waals surface area contributed by atoms with Gasteiger partial charge in [0.25, 0.3) is 0 Å². The third-order valence-electron chi connectivity index (χ3n) is 3.49. The Kier molecular flexibility index (Phi) is 4.97. The second-order valence-corrected chi connectivity index (χ2v) is 7.99. The third-order valence-corrected chi connectivity index (χ3v) is 4.38. The molecule has 6 nitrogen and oxygen atoms in total. The largest absolute Gasteiger partial charge is 0.354 e. The number of hydrogen-bond acceptors (Lipinski definition) is 4. The summed E-state index contributed by atoms with van der Waals surface area (Å²) in [5.41, 5.74) is -1.04. The average Bonchev–Trinajstić information content (AvgIpc) is 2.23. The van der Waals surface area contributed by atoms with Crippen molar-refractivity contribution in [3.05, 3.63) is 0 Å². The molecule has 3 N–H and O–H groups in total. The lowest BCUT2D eigenvalue weighted by molar-refractivity contribution is -0.126. The third kappa shape index (κ3) is 5.46. The van der Waals surface area contributed by atoms with Crippen LogP contribution in [0.5, 0.6) is 0 Å². The molecule has 0 saturated carbocycles. The molecule has 0 spiro atoms. The summed E-state index contributed by atoms with van der Waals surface area (Å²) in [6, 6.07) is 0. The number of carbonyl (C=O) groups is 1. The maximum absolute atomic E-state index is 12.1. The molecule has 1 rings (SSSR count). The van der Waals surface area contributed by atoms with Gasteiger partial charge in [-0.05, 0) is 45.2 Å². The van der Waals surface area contributed by atoms with Gasteiger partial charge in [-0.25, -0.2) is 13.1 Å². The van der Waals surface area contributed by atoms with Gasteiger partial charge in [-0.2, -0.15) is 0 Å². The number of carbonyl (C=O) groups excluding carboxylic acids is 1. The molecule has 112 valence electrons. The van der Waals surface area contributed by atoms with E-state index in [-0.39, 0.29) is 11.3 Å². The van der Waals surface area contributed by atoms with Crippen LogP contribution in [0.3, 0.4) is 0 Å². The van der Waals surface area contributed by atoms with E-state index in [2.05, 4.69) is 22.3 Å². The summed E-state index contributed by atoms with van der Waals surface area (Å²) in [5, 5.41) is 6.15. The Morgan fingerprint density at radius 2 is 1.84 bits per heavy atom. The van der Waals surface area contributed by atoms with Crippen LogP contribution in [0, 0.1) is 5.41 Å². The van der Waals surface area contributed by atoms with Gasteiger partial charge in [-0.15, -0.1) is 0 Å². The summed E-state index contributed by atoms with van der Waals surface area (Å²) < 4.78 is 24.8. The lowest BCUT2D eigenvalue weighted by Crippen LogP contribution is -2.56. The highest BCUT2D eigenvalue weighted by Crippen LogP contribution is 2.26. The number of amides is 1. The zero-order valence-electron chi connectivity index (χ0n) is 12.2. The van der Waals surface area contributed by atoms with Gasteiger partial charge in [0.15, 0.2) is 0 Å². The van der Waals surface area contributed by atoms with E-state index in [0.717, 1.165) is 32.2 Å². The molecule has 0 unspecified atom stereocenters. The lowest BCUT2D eigenvalue weighted by Gasteiger charge is -2.35. The van der Waals surface area contributed by atoms with Crippen molar-refractivity contribution in [2.24, 2.45) is 5.41 Å². The molecule has 1 fully saturated rings. The Labute approximate surface area is 115 Å². The highest BCUT2D eigenvalue weighted by atomic mass is 32.2.